The molecule has 0 aromatic carbocycles. The third-order valence-electron chi connectivity index (χ3n) is 1.91. The van der Waals surface area contributed by atoms with Crippen molar-refractivity contribution in [3.8, 4) is 0 Å². The minimum absolute atomic E-state index is 0.317. The number of alkyl halides is 3. The van der Waals surface area contributed by atoms with E-state index in [4.69, 9.17) is 10.8 Å². The first-order valence-corrected chi connectivity index (χ1v) is 4.24. The van der Waals surface area contributed by atoms with E-state index >= 15 is 0 Å². The van der Waals surface area contributed by atoms with Crippen LogP contribution < -0.4 is 5.73 Å². The van der Waals surface area contributed by atoms with E-state index in [0.29, 0.717) is 4.68 Å². The second-order valence-corrected chi connectivity index (χ2v) is 3.06. The topological polar surface area (TPSA) is 77.0 Å². The van der Waals surface area contributed by atoms with Gasteiger partial charge in [-0.1, -0.05) is 5.21 Å². The van der Waals surface area contributed by atoms with Crippen LogP contribution in [0.15, 0.2) is 0 Å². The molecule has 1 rings (SSSR count). The van der Waals surface area contributed by atoms with Crippen molar-refractivity contribution in [3.63, 3.8) is 0 Å². The third kappa shape index (κ3) is 2.26. The van der Waals surface area contributed by atoms with E-state index in [9.17, 15) is 13.2 Å². The summed E-state index contributed by atoms with van der Waals surface area (Å²) in [5.41, 5.74) is 3.81. The van der Waals surface area contributed by atoms with E-state index in [-0.39, 0.29) is 12.2 Å². The lowest BCUT2D eigenvalue weighted by atomic mass is 10.2. The van der Waals surface area contributed by atoms with Crippen molar-refractivity contribution < 1.29 is 18.3 Å². The molecule has 0 fully saturated rings. The number of nitrogens with zero attached hydrogens (tertiary/aromatic N) is 3. The Kier molecular flexibility index (Phi) is 3.30. The SMILES string of the molecule is CC(CO)n1nnc(CN)c1C(F)(F)F. The second kappa shape index (κ2) is 4.15. The summed E-state index contributed by atoms with van der Waals surface area (Å²) in [6, 6.07) is -0.783. The number of aromatic nitrogens is 3. The van der Waals surface area contributed by atoms with Gasteiger partial charge in [-0.25, -0.2) is 4.68 Å². The summed E-state index contributed by atoms with van der Waals surface area (Å²) in [4.78, 5) is 0. The molecule has 1 atom stereocenters. The summed E-state index contributed by atoms with van der Waals surface area (Å²) in [5.74, 6) is 0. The standard InChI is InChI=1S/C7H11F3N4O/c1-4(3-15)14-6(7(8,9)10)5(2-11)12-13-14/h4,15H,2-3,11H2,1H3. The molecule has 15 heavy (non-hydrogen) atoms. The molecule has 0 spiro atoms. The molecule has 3 N–H and O–H groups in total. The zero-order chi connectivity index (χ0) is 11.6. The Labute approximate surface area is 83.7 Å². The van der Waals surface area contributed by atoms with Gasteiger partial charge < -0.3 is 10.8 Å². The summed E-state index contributed by atoms with van der Waals surface area (Å²) in [6.45, 7) is 0.619. The molecular weight excluding hydrogens is 213 g/mol. The lowest BCUT2D eigenvalue weighted by Crippen LogP contribution is -2.21. The van der Waals surface area contributed by atoms with Crippen LogP contribution >= 0.6 is 0 Å². The van der Waals surface area contributed by atoms with Crippen LogP contribution in [0, 0.1) is 0 Å². The Morgan fingerprint density at radius 3 is 2.53 bits per heavy atom. The first-order chi connectivity index (χ1) is 6.91. The fourth-order valence-electron chi connectivity index (χ4n) is 1.14. The zero-order valence-corrected chi connectivity index (χ0v) is 7.99. The van der Waals surface area contributed by atoms with Gasteiger partial charge in [0.1, 0.15) is 5.69 Å². The van der Waals surface area contributed by atoms with Gasteiger partial charge in [0, 0.05) is 6.54 Å². The van der Waals surface area contributed by atoms with Crippen LogP contribution in [0.25, 0.3) is 0 Å². The van der Waals surface area contributed by atoms with Gasteiger partial charge in [0.2, 0.25) is 0 Å². The van der Waals surface area contributed by atoms with Gasteiger partial charge in [0.15, 0.2) is 5.69 Å². The summed E-state index contributed by atoms with van der Waals surface area (Å²) >= 11 is 0. The van der Waals surface area contributed by atoms with E-state index in [1.807, 2.05) is 0 Å². The number of aliphatic hydroxyl groups excluding tert-OH is 1. The first-order valence-electron chi connectivity index (χ1n) is 4.24. The van der Waals surface area contributed by atoms with Gasteiger partial charge in [0.05, 0.1) is 12.6 Å². The van der Waals surface area contributed by atoms with Crippen molar-refractivity contribution in [2.45, 2.75) is 25.7 Å². The minimum Gasteiger partial charge on any atom is -0.394 e. The average Bonchev–Trinajstić information content (AvgIpc) is 2.59. The average molecular weight is 224 g/mol. The van der Waals surface area contributed by atoms with Crippen LogP contribution in [0.3, 0.4) is 0 Å². The van der Waals surface area contributed by atoms with Gasteiger partial charge in [-0.15, -0.1) is 5.10 Å². The number of aliphatic hydroxyl groups is 1. The van der Waals surface area contributed by atoms with E-state index < -0.39 is 24.5 Å². The lowest BCUT2D eigenvalue weighted by molar-refractivity contribution is -0.145. The van der Waals surface area contributed by atoms with Gasteiger partial charge in [-0.05, 0) is 6.92 Å². The Bertz CT molecular complexity index is 335. The van der Waals surface area contributed by atoms with Crippen LogP contribution in [0.2, 0.25) is 0 Å². The maximum absolute atomic E-state index is 12.6. The quantitative estimate of drug-likeness (QED) is 0.774. The number of halogens is 3. The molecule has 0 aliphatic carbocycles. The van der Waals surface area contributed by atoms with Gasteiger partial charge in [-0.3, -0.25) is 0 Å². The fourth-order valence-corrected chi connectivity index (χ4v) is 1.14. The Hall–Kier alpha value is -1.15. The molecular formula is C7H11F3N4O. The maximum atomic E-state index is 12.6. The predicted molar refractivity (Wildman–Crippen MR) is 44.7 cm³/mol. The fraction of sp³-hybridized carbons (Fsp3) is 0.714. The summed E-state index contributed by atoms with van der Waals surface area (Å²) in [7, 11) is 0. The number of hydrogen-bond donors (Lipinski definition) is 2. The van der Waals surface area contributed by atoms with Crippen molar-refractivity contribution in [2.24, 2.45) is 5.73 Å². The van der Waals surface area contributed by atoms with Crippen molar-refractivity contribution in [2.75, 3.05) is 6.61 Å². The molecule has 5 nitrogen and oxygen atoms in total. The van der Waals surface area contributed by atoms with Crippen LogP contribution in [-0.4, -0.2) is 26.7 Å². The van der Waals surface area contributed by atoms with Crippen LogP contribution in [0.4, 0.5) is 13.2 Å². The highest BCUT2D eigenvalue weighted by Crippen LogP contribution is 2.32. The van der Waals surface area contributed by atoms with Crippen molar-refractivity contribution in [1.82, 2.24) is 15.0 Å². The molecule has 0 amide bonds. The van der Waals surface area contributed by atoms with Crippen LogP contribution in [-0.2, 0) is 12.7 Å². The monoisotopic (exact) mass is 224 g/mol. The van der Waals surface area contributed by atoms with Gasteiger partial charge >= 0.3 is 6.18 Å². The second-order valence-electron chi connectivity index (χ2n) is 3.06. The smallest absolute Gasteiger partial charge is 0.394 e. The Morgan fingerprint density at radius 2 is 2.13 bits per heavy atom. The van der Waals surface area contributed by atoms with Gasteiger partial charge in [0.25, 0.3) is 0 Å². The van der Waals surface area contributed by atoms with Crippen molar-refractivity contribution in [1.29, 1.82) is 0 Å². The van der Waals surface area contributed by atoms with Crippen molar-refractivity contribution in [3.05, 3.63) is 11.4 Å². The molecule has 0 bridgehead atoms. The highest BCUT2D eigenvalue weighted by Gasteiger charge is 2.39. The number of hydrogen-bond acceptors (Lipinski definition) is 4. The zero-order valence-electron chi connectivity index (χ0n) is 7.99. The number of nitrogens with two attached hydrogens (primary N) is 1. The molecule has 8 heteroatoms. The molecule has 86 valence electrons. The third-order valence-corrected chi connectivity index (χ3v) is 1.91. The first kappa shape index (κ1) is 11.9. The Morgan fingerprint density at radius 1 is 1.53 bits per heavy atom. The van der Waals surface area contributed by atoms with Crippen LogP contribution in [0.1, 0.15) is 24.4 Å². The van der Waals surface area contributed by atoms with E-state index in [0.717, 1.165) is 0 Å². The molecule has 1 heterocycles. The molecule has 0 aliphatic rings. The molecule has 1 aromatic heterocycles. The van der Waals surface area contributed by atoms with Gasteiger partial charge in [-0.2, -0.15) is 13.2 Å². The van der Waals surface area contributed by atoms with E-state index in [2.05, 4.69) is 10.3 Å². The number of rotatable bonds is 3. The highest BCUT2D eigenvalue weighted by atomic mass is 19.4. The molecule has 1 unspecified atom stereocenters. The van der Waals surface area contributed by atoms with Crippen molar-refractivity contribution >= 4 is 0 Å². The maximum Gasteiger partial charge on any atom is 0.434 e. The normalized spacial score (nSPS) is 14.3. The molecule has 0 radical (unpaired) electrons. The summed E-state index contributed by atoms with van der Waals surface area (Å²) in [6.07, 6.45) is -4.57. The molecule has 0 aliphatic heterocycles. The summed E-state index contributed by atoms with van der Waals surface area (Å²) < 4.78 is 38.4. The largest absolute Gasteiger partial charge is 0.434 e. The molecule has 0 saturated carbocycles. The summed E-state index contributed by atoms with van der Waals surface area (Å²) in [5, 5.41) is 15.4. The highest BCUT2D eigenvalue weighted by molar-refractivity contribution is 5.14. The lowest BCUT2D eigenvalue weighted by Gasteiger charge is -2.14. The molecule has 0 saturated heterocycles. The van der Waals surface area contributed by atoms with E-state index in [1.165, 1.54) is 6.92 Å². The minimum atomic E-state index is -4.57. The predicted octanol–water partition coefficient (Wildman–Crippen LogP) is 0.309. The van der Waals surface area contributed by atoms with Crippen LogP contribution in [0.5, 0.6) is 0 Å². The molecule has 1 aromatic rings. The Balaban J connectivity index is 3.23. The van der Waals surface area contributed by atoms with E-state index in [1.54, 1.807) is 0 Å².